The molecule has 2 rings (SSSR count). The zero-order valence-corrected chi connectivity index (χ0v) is 11.2. The average molecular weight is 285 g/mol. The molecule has 104 valence electrons. The molecule has 0 saturated carbocycles. The molecule has 7 heteroatoms. The molecule has 0 aromatic heterocycles. The summed E-state index contributed by atoms with van der Waals surface area (Å²) >= 11 is 0. The largest absolute Gasteiger partial charge is 0.507 e. The van der Waals surface area contributed by atoms with Crippen LogP contribution >= 0.6 is 0 Å². The number of phenolic OH excluding ortho intramolecular Hbond substituents is 2. The maximum absolute atomic E-state index is 12.2. The van der Waals surface area contributed by atoms with Crippen molar-refractivity contribution in [2.75, 3.05) is 18.6 Å². The van der Waals surface area contributed by atoms with Crippen LogP contribution < -0.4 is 0 Å². The van der Waals surface area contributed by atoms with Crippen LogP contribution in [-0.2, 0) is 9.84 Å². The lowest BCUT2D eigenvalue weighted by Gasteiger charge is -2.24. The standard InChI is InChI=1S/C12H15NO5S/c1-13(8-5-6-19(17,18)7-8)12(16)11-9(14)3-2-4-10(11)15/h2-4,8,14-15H,5-7H2,1H3. The smallest absolute Gasteiger partial charge is 0.261 e. The van der Waals surface area contributed by atoms with Gasteiger partial charge in [-0.15, -0.1) is 0 Å². The van der Waals surface area contributed by atoms with Crippen molar-refractivity contribution in [3.63, 3.8) is 0 Å². The molecule has 0 radical (unpaired) electrons. The maximum Gasteiger partial charge on any atom is 0.261 e. The van der Waals surface area contributed by atoms with Crippen molar-refractivity contribution >= 4 is 15.7 Å². The Kier molecular flexibility index (Phi) is 3.40. The number of phenols is 2. The van der Waals surface area contributed by atoms with Crippen LogP contribution in [0.25, 0.3) is 0 Å². The maximum atomic E-state index is 12.2. The van der Waals surface area contributed by atoms with Crippen molar-refractivity contribution in [2.45, 2.75) is 12.5 Å². The Morgan fingerprint density at radius 2 is 1.89 bits per heavy atom. The van der Waals surface area contributed by atoms with Crippen LogP contribution in [0.4, 0.5) is 0 Å². The molecule has 2 N–H and O–H groups in total. The summed E-state index contributed by atoms with van der Waals surface area (Å²) in [6.45, 7) is 0. The molecular weight excluding hydrogens is 270 g/mol. The molecule has 1 saturated heterocycles. The molecule has 1 fully saturated rings. The summed E-state index contributed by atoms with van der Waals surface area (Å²) in [6, 6.07) is 3.59. The Morgan fingerprint density at radius 3 is 2.37 bits per heavy atom. The molecule has 19 heavy (non-hydrogen) atoms. The van der Waals surface area contributed by atoms with Crippen molar-refractivity contribution in [1.82, 2.24) is 4.90 Å². The normalized spacial score (nSPS) is 21.2. The Morgan fingerprint density at radius 1 is 1.32 bits per heavy atom. The number of benzene rings is 1. The van der Waals surface area contributed by atoms with Gasteiger partial charge < -0.3 is 15.1 Å². The molecular formula is C12H15NO5S. The minimum atomic E-state index is -3.10. The van der Waals surface area contributed by atoms with Gasteiger partial charge >= 0.3 is 0 Å². The van der Waals surface area contributed by atoms with E-state index in [0.29, 0.717) is 6.42 Å². The number of hydrogen-bond acceptors (Lipinski definition) is 5. The summed E-state index contributed by atoms with van der Waals surface area (Å²) in [5.74, 6) is -1.25. The molecule has 1 aromatic rings. The number of nitrogens with zero attached hydrogens (tertiary/aromatic N) is 1. The van der Waals surface area contributed by atoms with Crippen LogP contribution in [0.15, 0.2) is 18.2 Å². The highest BCUT2D eigenvalue weighted by atomic mass is 32.2. The molecule has 0 aliphatic carbocycles. The van der Waals surface area contributed by atoms with Gasteiger partial charge in [-0.2, -0.15) is 0 Å². The third-order valence-electron chi connectivity index (χ3n) is 3.31. The fourth-order valence-corrected chi connectivity index (χ4v) is 3.94. The van der Waals surface area contributed by atoms with Gasteiger partial charge in [0.2, 0.25) is 0 Å². The Hall–Kier alpha value is -1.76. The lowest BCUT2D eigenvalue weighted by molar-refractivity contribution is 0.0741. The van der Waals surface area contributed by atoms with Gasteiger partial charge in [0.05, 0.1) is 11.5 Å². The Labute approximate surface area is 111 Å². The molecule has 6 nitrogen and oxygen atoms in total. The van der Waals surface area contributed by atoms with Crippen LogP contribution in [0.1, 0.15) is 16.8 Å². The first-order valence-corrected chi connectivity index (χ1v) is 7.62. The molecule has 1 heterocycles. The number of aromatic hydroxyl groups is 2. The third kappa shape index (κ3) is 2.65. The summed E-state index contributed by atoms with van der Waals surface area (Å²) in [6.07, 6.45) is 0.374. The summed E-state index contributed by atoms with van der Waals surface area (Å²) in [5.41, 5.74) is -0.200. The van der Waals surface area contributed by atoms with E-state index in [0.717, 1.165) is 0 Å². The number of amides is 1. The van der Waals surface area contributed by atoms with Crippen molar-refractivity contribution < 1.29 is 23.4 Å². The van der Waals surface area contributed by atoms with Crippen LogP contribution in [-0.4, -0.2) is 54.0 Å². The van der Waals surface area contributed by atoms with Crippen LogP contribution in [0.5, 0.6) is 11.5 Å². The first kappa shape index (κ1) is 13.7. The summed E-state index contributed by atoms with van der Waals surface area (Å²) in [4.78, 5) is 13.5. The molecule has 0 spiro atoms. The summed E-state index contributed by atoms with van der Waals surface area (Å²) < 4.78 is 22.8. The van der Waals surface area contributed by atoms with Crippen molar-refractivity contribution in [3.8, 4) is 11.5 Å². The van der Waals surface area contributed by atoms with Gasteiger partial charge in [0.1, 0.15) is 17.1 Å². The first-order valence-electron chi connectivity index (χ1n) is 5.80. The van der Waals surface area contributed by atoms with Crippen LogP contribution in [0.2, 0.25) is 0 Å². The quantitative estimate of drug-likeness (QED) is 0.818. The van der Waals surface area contributed by atoms with Gasteiger partial charge in [-0.3, -0.25) is 4.79 Å². The monoisotopic (exact) mass is 285 g/mol. The van der Waals surface area contributed by atoms with Crippen LogP contribution in [0.3, 0.4) is 0 Å². The summed E-state index contributed by atoms with van der Waals surface area (Å²) in [7, 11) is -1.62. The molecule has 1 unspecified atom stereocenters. The van der Waals surface area contributed by atoms with Crippen molar-refractivity contribution in [2.24, 2.45) is 0 Å². The fourth-order valence-electron chi connectivity index (χ4n) is 2.17. The highest BCUT2D eigenvalue weighted by molar-refractivity contribution is 7.91. The molecule has 1 aromatic carbocycles. The van der Waals surface area contributed by atoms with Crippen molar-refractivity contribution in [1.29, 1.82) is 0 Å². The Bertz CT molecular complexity index is 590. The number of sulfone groups is 1. The highest BCUT2D eigenvalue weighted by Crippen LogP contribution is 2.29. The number of hydrogen-bond donors (Lipinski definition) is 2. The zero-order valence-electron chi connectivity index (χ0n) is 10.4. The van der Waals surface area contributed by atoms with Gasteiger partial charge in [0, 0.05) is 13.1 Å². The third-order valence-corrected chi connectivity index (χ3v) is 5.06. The van der Waals surface area contributed by atoms with Crippen LogP contribution in [0, 0.1) is 0 Å². The average Bonchev–Trinajstić information content (AvgIpc) is 2.68. The molecule has 1 aliphatic heterocycles. The van der Waals surface area contributed by atoms with E-state index in [4.69, 9.17) is 0 Å². The lowest BCUT2D eigenvalue weighted by Crippen LogP contribution is -2.37. The number of carbonyl (C=O) groups is 1. The van der Waals surface area contributed by atoms with Gasteiger partial charge in [-0.1, -0.05) is 6.07 Å². The number of carbonyl (C=O) groups excluding carboxylic acids is 1. The van der Waals surface area contributed by atoms with Gasteiger partial charge in [-0.25, -0.2) is 8.42 Å². The summed E-state index contributed by atoms with van der Waals surface area (Å²) in [5, 5.41) is 19.3. The second-order valence-electron chi connectivity index (χ2n) is 4.64. The van der Waals surface area contributed by atoms with E-state index >= 15 is 0 Å². The number of rotatable bonds is 2. The zero-order chi connectivity index (χ0) is 14.2. The highest BCUT2D eigenvalue weighted by Gasteiger charge is 2.34. The second-order valence-corrected chi connectivity index (χ2v) is 6.87. The fraction of sp³-hybridized carbons (Fsp3) is 0.417. The predicted octanol–water partition coefficient (Wildman–Crippen LogP) is 0.357. The van der Waals surface area contributed by atoms with Gasteiger partial charge in [0.15, 0.2) is 9.84 Å². The SMILES string of the molecule is CN(C(=O)c1c(O)cccc1O)C1CCS(=O)(=O)C1. The second kappa shape index (κ2) is 4.73. The van der Waals surface area contributed by atoms with E-state index in [1.807, 2.05) is 0 Å². The topological polar surface area (TPSA) is 94.9 Å². The van der Waals surface area contributed by atoms with E-state index in [2.05, 4.69) is 0 Å². The molecule has 1 atom stereocenters. The van der Waals surface area contributed by atoms with Gasteiger partial charge in [-0.05, 0) is 18.6 Å². The van der Waals surface area contributed by atoms with E-state index in [1.54, 1.807) is 0 Å². The van der Waals surface area contributed by atoms with E-state index in [9.17, 15) is 23.4 Å². The first-order chi connectivity index (χ1) is 8.82. The van der Waals surface area contributed by atoms with E-state index < -0.39 is 21.8 Å². The molecule has 1 aliphatic rings. The Balaban J connectivity index is 2.25. The molecule has 0 bridgehead atoms. The molecule has 1 amide bonds. The minimum Gasteiger partial charge on any atom is -0.507 e. The van der Waals surface area contributed by atoms with Gasteiger partial charge in [0.25, 0.3) is 5.91 Å². The van der Waals surface area contributed by atoms with E-state index in [1.165, 1.54) is 30.1 Å². The lowest BCUT2D eigenvalue weighted by atomic mass is 10.1. The van der Waals surface area contributed by atoms with Crippen molar-refractivity contribution in [3.05, 3.63) is 23.8 Å². The minimum absolute atomic E-state index is 0.0576. The predicted molar refractivity (Wildman–Crippen MR) is 68.9 cm³/mol. The van der Waals surface area contributed by atoms with E-state index in [-0.39, 0.29) is 28.6 Å².